The lowest BCUT2D eigenvalue weighted by molar-refractivity contribution is 0.597. The van der Waals surface area contributed by atoms with Crippen LogP contribution in [-0.2, 0) is 13.0 Å². The third kappa shape index (κ3) is 3.11. The summed E-state index contributed by atoms with van der Waals surface area (Å²) in [7, 11) is 1.82. The van der Waals surface area contributed by atoms with Gasteiger partial charge in [-0.3, -0.25) is 0 Å². The molecule has 1 aromatic carbocycles. The van der Waals surface area contributed by atoms with E-state index in [0.717, 1.165) is 30.4 Å². The third-order valence-corrected chi connectivity index (χ3v) is 2.30. The van der Waals surface area contributed by atoms with Gasteiger partial charge >= 0.3 is 0 Å². The van der Waals surface area contributed by atoms with Gasteiger partial charge in [-0.15, -0.1) is 0 Å². The maximum Gasteiger partial charge on any atom is 0.127 e. The molecule has 78 valence electrons. The number of halogens is 1. The van der Waals surface area contributed by atoms with Crippen molar-refractivity contribution < 1.29 is 4.39 Å². The summed E-state index contributed by atoms with van der Waals surface area (Å²) in [6.07, 6.45) is 3.26. The maximum absolute atomic E-state index is 13.4. The molecule has 1 rings (SSSR count). The number of hydrogen-bond donors (Lipinski definition) is 1. The molecule has 0 saturated carbocycles. The molecular weight excluding hydrogens is 177 g/mol. The topological polar surface area (TPSA) is 12.0 Å². The Labute approximate surface area is 85.3 Å². The van der Waals surface area contributed by atoms with Gasteiger partial charge in [0.2, 0.25) is 0 Å². The van der Waals surface area contributed by atoms with Crippen molar-refractivity contribution in [2.24, 2.45) is 0 Å². The van der Waals surface area contributed by atoms with Gasteiger partial charge in [-0.2, -0.15) is 0 Å². The number of hydrogen-bond acceptors (Lipinski definition) is 1. The second kappa shape index (κ2) is 5.76. The van der Waals surface area contributed by atoms with Crippen LogP contribution in [0.15, 0.2) is 18.2 Å². The van der Waals surface area contributed by atoms with E-state index in [-0.39, 0.29) is 5.82 Å². The van der Waals surface area contributed by atoms with Gasteiger partial charge in [0.25, 0.3) is 0 Å². The van der Waals surface area contributed by atoms with Crippen LogP contribution in [0.2, 0.25) is 0 Å². The molecule has 0 spiro atoms. The second-order valence-corrected chi connectivity index (χ2v) is 3.56. The van der Waals surface area contributed by atoms with Crippen LogP contribution in [-0.4, -0.2) is 7.05 Å². The first-order valence-electron chi connectivity index (χ1n) is 5.19. The van der Waals surface area contributed by atoms with Crippen molar-refractivity contribution in [3.63, 3.8) is 0 Å². The molecule has 0 aliphatic carbocycles. The Hall–Kier alpha value is -0.890. The summed E-state index contributed by atoms with van der Waals surface area (Å²) in [5, 5.41) is 2.95. The van der Waals surface area contributed by atoms with E-state index in [2.05, 4.69) is 12.2 Å². The molecule has 1 nitrogen and oxygen atoms in total. The molecule has 1 N–H and O–H groups in total. The quantitative estimate of drug-likeness (QED) is 0.761. The van der Waals surface area contributed by atoms with Crippen molar-refractivity contribution in [2.75, 3.05) is 7.05 Å². The number of rotatable bonds is 5. The normalized spacial score (nSPS) is 10.5. The van der Waals surface area contributed by atoms with Crippen molar-refractivity contribution >= 4 is 0 Å². The highest BCUT2D eigenvalue weighted by molar-refractivity contribution is 5.24. The van der Waals surface area contributed by atoms with E-state index >= 15 is 0 Å². The Bertz CT molecular complexity index is 284. The summed E-state index contributed by atoms with van der Waals surface area (Å²) >= 11 is 0. The van der Waals surface area contributed by atoms with Crippen LogP contribution >= 0.6 is 0 Å². The smallest absolute Gasteiger partial charge is 0.127 e. The highest BCUT2D eigenvalue weighted by Gasteiger charge is 2.01. The van der Waals surface area contributed by atoms with Crippen LogP contribution in [0, 0.1) is 5.82 Å². The predicted octanol–water partition coefficient (Wildman–Crippen LogP) is 2.89. The minimum absolute atomic E-state index is 0.0899. The molecule has 1 aromatic rings. The van der Waals surface area contributed by atoms with E-state index in [9.17, 15) is 4.39 Å². The van der Waals surface area contributed by atoms with Crippen molar-refractivity contribution in [3.05, 3.63) is 35.1 Å². The third-order valence-electron chi connectivity index (χ3n) is 2.30. The zero-order chi connectivity index (χ0) is 10.4. The number of nitrogens with one attached hydrogen (secondary N) is 1. The fourth-order valence-electron chi connectivity index (χ4n) is 1.46. The molecule has 0 unspecified atom stereocenters. The molecule has 0 fully saturated rings. The first-order chi connectivity index (χ1) is 6.77. The zero-order valence-corrected chi connectivity index (χ0v) is 8.94. The molecule has 0 heterocycles. The van der Waals surface area contributed by atoms with Crippen LogP contribution in [0.3, 0.4) is 0 Å². The largest absolute Gasteiger partial charge is 0.316 e. The molecule has 0 aromatic heterocycles. The van der Waals surface area contributed by atoms with E-state index in [4.69, 9.17) is 0 Å². The molecule has 0 amide bonds. The van der Waals surface area contributed by atoms with Gasteiger partial charge in [-0.1, -0.05) is 25.5 Å². The number of benzene rings is 1. The average Bonchev–Trinajstić information content (AvgIpc) is 2.19. The summed E-state index contributed by atoms with van der Waals surface area (Å²) in [6.45, 7) is 2.74. The minimum atomic E-state index is -0.0899. The molecular formula is C12H18FN. The Morgan fingerprint density at radius 3 is 2.71 bits per heavy atom. The predicted molar refractivity (Wildman–Crippen MR) is 57.8 cm³/mol. The summed E-state index contributed by atoms with van der Waals surface area (Å²) in [5.41, 5.74) is 1.84. The van der Waals surface area contributed by atoms with E-state index in [1.165, 1.54) is 0 Å². The fourth-order valence-corrected chi connectivity index (χ4v) is 1.46. The maximum atomic E-state index is 13.4. The second-order valence-electron chi connectivity index (χ2n) is 3.56. The highest BCUT2D eigenvalue weighted by atomic mass is 19.1. The standard InChI is InChI=1S/C12H18FN/c1-3-4-5-10-6-7-11(9-14-2)12(13)8-10/h6-8,14H,3-5,9H2,1-2H3. The lowest BCUT2D eigenvalue weighted by Gasteiger charge is -2.05. The van der Waals surface area contributed by atoms with Crippen LogP contribution in [0.1, 0.15) is 30.9 Å². The van der Waals surface area contributed by atoms with Crippen molar-refractivity contribution in [1.29, 1.82) is 0 Å². The Morgan fingerprint density at radius 1 is 1.36 bits per heavy atom. The van der Waals surface area contributed by atoms with Gasteiger partial charge in [0, 0.05) is 12.1 Å². The van der Waals surface area contributed by atoms with Gasteiger partial charge < -0.3 is 5.32 Å². The summed E-state index contributed by atoms with van der Waals surface area (Å²) in [6, 6.07) is 5.55. The lowest BCUT2D eigenvalue weighted by Crippen LogP contribution is -2.07. The van der Waals surface area contributed by atoms with Crippen molar-refractivity contribution in [2.45, 2.75) is 32.7 Å². The minimum Gasteiger partial charge on any atom is -0.316 e. The van der Waals surface area contributed by atoms with E-state index < -0.39 is 0 Å². The van der Waals surface area contributed by atoms with Gasteiger partial charge in [0.05, 0.1) is 0 Å². The van der Waals surface area contributed by atoms with Crippen LogP contribution in [0.5, 0.6) is 0 Å². The number of unbranched alkanes of at least 4 members (excludes halogenated alkanes) is 1. The Kier molecular flexibility index (Phi) is 4.60. The molecule has 14 heavy (non-hydrogen) atoms. The molecule has 0 bridgehead atoms. The molecule has 0 atom stereocenters. The zero-order valence-electron chi connectivity index (χ0n) is 8.94. The average molecular weight is 195 g/mol. The Balaban J connectivity index is 2.68. The summed E-state index contributed by atoms with van der Waals surface area (Å²) < 4.78 is 13.4. The first kappa shape index (κ1) is 11.2. The van der Waals surface area contributed by atoms with E-state index in [0.29, 0.717) is 6.54 Å². The van der Waals surface area contributed by atoms with Crippen LogP contribution < -0.4 is 5.32 Å². The SMILES string of the molecule is CCCCc1ccc(CNC)c(F)c1. The lowest BCUT2D eigenvalue weighted by atomic mass is 10.1. The molecule has 0 aliphatic heterocycles. The molecule has 0 saturated heterocycles. The monoisotopic (exact) mass is 195 g/mol. The molecule has 0 aliphatic rings. The summed E-state index contributed by atoms with van der Waals surface area (Å²) in [5.74, 6) is -0.0899. The molecule has 0 radical (unpaired) electrons. The Morgan fingerprint density at radius 2 is 2.14 bits per heavy atom. The summed E-state index contributed by atoms with van der Waals surface area (Å²) in [4.78, 5) is 0. The van der Waals surface area contributed by atoms with Crippen LogP contribution in [0.4, 0.5) is 4.39 Å². The first-order valence-corrected chi connectivity index (χ1v) is 5.19. The highest BCUT2D eigenvalue weighted by Crippen LogP contribution is 2.12. The fraction of sp³-hybridized carbons (Fsp3) is 0.500. The van der Waals surface area contributed by atoms with Crippen molar-refractivity contribution in [3.8, 4) is 0 Å². The number of aryl methyl sites for hydroxylation is 1. The van der Waals surface area contributed by atoms with Gasteiger partial charge in [0.1, 0.15) is 5.82 Å². The molecule has 2 heteroatoms. The van der Waals surface area contributed by atoms with Gasteiger partial charge in [0.15, 0.2) is 0 Å². The van der Waals surface area contributed by atoms with Crippen molar-refractivity contribution in [1.82, 2.24) is 5.32 Å². The van der Waals surface area contributed by atoms with Gasteiger partial charge in [-0.25, -0.2) is 4.39 Å². The van der Waals surface area contributed by atoms with Crippen LogP contribution in [0.25, 0.3) is 0 Å². The van der Waals surface area contributed by atoms with E-state index in [1.54, 1.807) is 6.07 Å². The van der Waals surface area contributed by atoms with E-state index in [1.807, 2.05) is 19.2 Å². The van der Waals surface area contributed by atoms with Gasteiger partial charge in [-0.05, 0) is 31.5 Å².